The molecule has 3 aromatic rings. The minimum atomic E-state index is -2.51. The smallest absolute Gasteiger partial charge is 0.169 e. The van der Waals surface area contributed by atoms with Crippen LogP contribution in [-0.2, 0) is 20.5 Å². The first kappa shape index (κ1) is 22.5. The average molecular weight is 473 g/mol. The molecule has 0 radical (unpaired) electrons. The highest BCUT2D eigenvalue weighted by Gasteiger charge is 2.27. The number of pyridine rings is 1. The summed E-state index contributed by atoms with van der Waals surface area (Å²) in [6, 6.07) is 9.73. The average Bonchev–Trinajstić information content (AvgIpc) is 2.74. The molecule has 32 heavy (non-hydrogen) atoms. The van der Waals surface area contributed by atoms with E-state index in [1.807, 2.05) is 6.07 Å². The van der Waals surface area contributed by atoms with E-state index in [0.29, 0.717) is 46.8 Å². The number of nitrogens with one attached hydrogen (secondary N) is 1. The van der Waals surface area contributed by atoms with Crippen molar-refractivity contribution < 1.29 is 12.8 Å². The largest absolute Gasteiger partial charge is 0.398 e. The Hall–Kier alpha value is -2.65. The molecule has 3 N–H and O–H groups in total. The first-order chi connectivity index (χ1) is 15.2. The predicted molar refractivity (Wildman–Crippen MR) is 131 cm³/mol. The highest BCUT2D eigenvalue weighted by atomic mass is 32.2. The summed E-state index contributed by atoms with van der Waals surface area (Å²) >= 11 is 0. The molecule has 168 valence electrons. The molecule has 0 spiro atoms. The van der Waals surface area contributed by atoms with Crippen LogP contribution in [-0.4, -0.2) is 43.6 Å². The molecular weight excluding hydrogens is 447 g/mol. The first-order valence-corrected chi connectivity index (χ1v) is 14.0. The minimum absolute atomic E-state index is 0.0388. The Balaban J connectivity index is 2.12. The molecule has 2 heterocycles. The molecule has 1 fully saturated rings. The van der Waals surface area contributed by atoms with Gasteiger partial charge < -0.3 is 11.1 Å². The van der Waals surface area contributed by atoms with Crippen LogP contribution in [0.25, 0.3) is 21.9 Å². The van der Waals surface area contributed by atoms with Gasteiger partial charge in [0.05, 0.1) is 5.69 Å². The van der Waals surface area contributed by atoms with Crippen molar-refractivity contribution in [2.45, 2.75) is 18.8 Å². The SMILES string of the molecule is CS(C)(=O)=Nc1nc(C2CCS(=O)CC2)c(-c2ccc(F)cc2)c2cc(C=N)c(N)cc12. The summed E-state index contributed by atoms with van der Waals surface area (Å²) in [4.78, 5) is 4.88. The second-order valence-corrected chi connectivity index (χ2v) is 12.5. The van der Waals surface area contributed by atoms with Crippen molar-refractivity contribution in [2.75, 3.05) is 29.8 Å². The van der Waals surface area contributed by atoms with Crippen LogP contribution in [0.4, 0.5) is 15.9 Å². The molecule has 0 unspecified atom stereocenters. The van der Waals surface area contributed by atoms with Gasteiger partial charge in [-0.2, -0.15) is 4.36 Å². The van der Waals surface area contributed by atoms with Crippen LogP contribution in [0.5, 0.6) is 0 Å². The molecule has 1 saturated heterocycles. The summed E-state index contributed by atoms with van der Waals surface area (Å²) in [5.74, 6) is 1.22. The van der Waals surface area contributed by atoms with Crippen molar-refractivity contribution in [3.8, 4) is 11.1 Å². The number of anilines is 1. The maximum Gasteiger partial charge on any atom is 0.169 e. The van der Waals surface area contributed by atoms with E-state index in [1.165, 1.54) is 18.3 Å². The van der Waals surface area contributed by atoms with Crippen molar-refractivity contribution in [2.24, 2.45) is 4.36 Å². The molecule has 0 atom stereocenters. The number of aromatic nitrogens is 1. The summed E-state index contributed by atoms with van der Waals surface area (Å²) in [6.45, 7) is 0. The number of nitrogens with two attached hydrogens (primary N) is 1. The number of hydrogen-bond acceptors (Lipinski definition) is 6. The molecule has 0 bridgehead atoms. The van der Waals surface area contributed by atoms with Crippen LogP contribution in [0.15, 0.2) is 40.8 Å². The van der Waals surface area contributed by atoms with Gasteiger partial charge in [0.1, 0.15) is 5.82 Å². The molecule has 1 aromatic heterocycles. The van der Waals surface area contributed by atoms with Gasteiger partial charge in [0, 0.05) is 78.9 Å². The quantitative estimate of drug-likeness (QED) is 0.427. The van der Waals surface area contributed by atoms with Gasteiger partial charge in [-0.1, -0.05) is 12.1 Å². The molecule has 4 rings (SSSR count). The third kappa shape index (κ3) is 4.59. The van der Waals surface area contributed by atoms with Gasteiger partial charge in [0.15, 0.2) is 5.82 Å². The molecule has 0 saturated carbocycles. The van der Waals surface area contributed by atoms with Gasteiger partial charge >= 0.3 is 0 Å². The van der Waals surface area contributed by atoms with Crippen LogP contribution < -0.4 is 5.73 Å². The summed E-state index contributed by atoms with van der Waals surface area (Å²) in [5.41, 5.74) is 9.47. The van der Waals surface area contributed by atoms with Crippen LogP contribution in [0.2, 0.25) is 0 Å². The van der Waals surface area contributed by atoms with E-state index < -0.39 is 20.5 Å². The Labute approximate surface area is 189 Å². The van der Waals surface area contributed by atoms with E-state index >= 15 is 0 Å². The Bertz CT molecular complexity index is 1340. The number of nitrogens with zero attached hydrogens (tertiary/aromatic N) is 2. The van der Waals surface area contributed by atoms with Gasteiger partial charge in [-0.25, -0.2) is 13.6 Å². The number of fused-ring (bicyclic) bond motifs is 1. The second-order valence-electron chi connectivity index (χ2n) is 8.27. The molecule has 1 aliphatic heterocycles. The molecule has 0 amide bonds. The zero-order chi connectivity index (χ0) is 23.0. The third-order valence-electron chi connectivity index (χ3n) is 5.59. The van der Waals surface area contributed by atoms with Crippen molar-refractivity contribution in [1.29, 1.82) is 5.41 Å². The van der Waals surface area contributed by atoms with Crippen LogP contribution >= 0.6 is 0 Å². The van der Waals surface area contributed by atoms with E-state index in [1.54, 1.807) is 30.7 Å². The monoisotopic (exact) mass is 472 g/mol. The van der Waals surface area contributed by atoms with Crippen molar-refractivity contribution in [3.63, 3.8) is 0 Å². The Kier molecular flexibility index (Phi) is 6.13. The molecule has 6 nitrogen and oxygen atoms in total. The molecule has 2 aromatic carbocycles. The number of rotatable bonds is 4. The maximum absolute atomic E-state index is 13.7. The standard InChI is InChI=1S/C23H25FN4O2S2/c1-32(2,30)28-23-19-12-20(26)16(13-25)11-18(19)21(14-3-5-17(24)6-4-14)22(27-23)15-7-9-31(29)10-8-15/h3-6,11-13,15,25H,7-10,26H2,1-2H3. The molecule has 0 aliphatic carbocycles. The zero-order valence-corrected chi connectivity index (χ0v) is 19.6. The molecular formula is C23H25FN4O2S2. The highest BCUT2D eigenvalue weighted by Crippen LogP contribution is 2.43. The van der Waals surface area contributed by atoms with E-state index in [9.17, 15) is 12.8 Å². The lowest BCUT2D eigenvalue weighted by atomic mass is 9.87. The summed E-state index contributed by atoms with van der Waals surface area (Å²) < 4.78 is 42.7. The lowest BCUT2D eigenvalue weighted by Gasteiger charge is -2.25. The lowest BCUT2D eigenvalue weighted by molar-refractivity contribution is 0.595. The van der Waals surface area contributed by atoms with Crippen LogP contribution in [0, 0.1) is 11.2 Å². The van der Waals surface area contributed by atoms with Gasteiger partial charge in [-0.05, 0) is 48.1 Å². The lowest BCUT2D eigenvalue weighted by Crippen LogP contribution is -2.19. The summed E-state index contributed by atoms with van der Waals surface area (Å²) in [5, 5.41) is 9.16. The number of nitrogen functional groups attached to an aromatic ring is 1. The first-order valence-electron chi connectivity index (χ1n) is 10.2. The predicted octanol–water partition coefficient (Wildman–Crippen LogP) is 4.61. The number of benzene rings is 2. The van der Waals surface area contributed by atoms with Gasteiger partial charge in [0.2, 0.25) is 0 Å². The van der Waals surface area contributed by atoms with E-state index in [0.717, 1.165) is 22.2 Å². The third-order valence-corrected chi connectivity index (χ3v) is 7.58. The van der Waals surface area contributed by atoms with Gasteiger partial charge in [0.25, 0.3) is 0 Å². The fourth-order valence-electron chi connectivity index (χ4n) is 4.08. The summed E-state index contributed by atoms with van der Waals surface area (Å²) in [6.07, 6.45) is 5.70. The maximum atomic E-state index is 13.7. The van der Waals surface area contributed by atoms with Crippen LogP contribution in [0.3, 0.4) is 0 Å². The Morgan fingerprint density at radius 1 is 1.19 bits per heavy atom. The fraction of sp³-hybridized carbons (Fsp3) is 0.304. The van der Waals surface area contributed by atoms with Gasteiger partial charge in [-0.15, -0.1) is 0 Å². The van der Waals surface area contributed by atoms with E-state index in [-0.39, 0.29) is 11.7 Å². The van der Waals surface area contributed by atoms with Gasteiger partial charge in [-0.3, -0.25) is 4.21 Å². The summed E-state index contributed by atoms with van der Waals surface area (Å²) in [7, 11) is -3.35. The van der Waals surface area contributed by atoms with E-state index in [2.05, 4.69) is 4.36 Å². The normalized spacial score (nSPS) is 19.1. The topological polar surface area (TPSA) is 109 Å². The molecule has 9 heteroatoms. The van der Waals surface area contributed by atoms with Crippen molar-refractivity contribution >= 4 is 49.0 Å². The number of halogens is 1. The van der Waals surface area contributed by atoms with Crippen LogP contribution in [0.1, 0.15) is 30.0 Å². The fourth-order valence-corrected chi connectivity index (χ4v) is 5.93. The second kappa shape index (κ2) is 8.71. The Morgan fingerprint density at radius 3 is 2.44 bits per heavy atom. The minimum Gasteiger partial charge on any atom is -0.398 e. The Morgan fingerprint density at radius 2 is 1.84 bits per heavy atom. The highest BCUT2D eigenvalue weighted by molar-refractivity contribution is 7.92. The van der Waals surface area contributed by atoms with E-state index in [4.69, 9.17) is 16.1 Å². The van der Waals surface area contributed by atoms with Crippen molar-refractivity contribution in [3.05, 3.63) is 53.5 Å². The number of hydrogen-bond donors (Lipinski definition) is 2. The molecule has 1 aliphatic rings. The van der Waals surface area contributed by atoms with Crippen molar-refractivity contribution in [1.82, 2.24) is 4.98 Å². The zero-order valence-electron chi connectivity index (χ0n) is 17.9.